The van der Waals surface area contributed by atoms with Crippen LogP contribution in [0, 0.1) is 0 Å². The van der Waals surface area contributed by atoms with E-state index in [4.69, 9.17) is 9.47 Å². The minimum absolute atomic E-state index is 0.0950. The highest BCUT2D eigenvalue weighted by Crippen LogP contribution is 2.31. The smallest absolute Gasteiger partial charge is 0.323 e. The number of aliphatic hydroxyl groups is 1. The topological polar surface area (TPSA) is 116 Å². The number of hydrogen-bond acceptors (Lipinski definition) is 7. The van der Waals surface area contributed by atoms with Gasteiger partial charge in [-0.2, -0.15) is 0 Å². The van der Waals surface area contributed by atoms with E-state index < -0.39 is 0 Å². The first kappa shape index (κ1) is 29.8. The number of benzene rings is 1. The fourth-order valence-electron chi connectivity index (χ4n) is 4.88. The van der Waals surface area contributed by atoms with Gasteiger partial charge in [-0.1, -0.05) is 6.58 Å². The number of urea groups is 1. The second-order valence-electron chi connectivity index (χ2n) is 10.5. The fraction of sp³-hybridized carbons (Fsp3) is 0.387. The molecule has 0 radical (unpaired) electrons. The molecule has 1 aliphatic heterocycles. The Labute approximate surface area is 241 Å². The molecular formula is C31H39N5O5. The molecule has 1 aliphatic carbocycles. The zero-order valence-electron chi connectivity index (χ0n) is 23.9. The van der Waals surface area contributed by atoms with Crippen molar-refractivity contribution in [3.8, 4) is 5.75 Å². The predicted molar refractivity (Wildman–Crippen MR) is 157 cm³/mol. The van der Waals surface area contributed by atoms with Gasteiger partial charge in [0.15, 0.2) is 0 Å². The normalized spacial score (nSPS) is 18.4. The summed E-state index contributed by atoms with van der Waals surface area (Å²) in [4.78, 5) is 34.1. The van der Waals surface area contributed by atoms with E-state index in [1.165, 1.54) is 0 Å². The molecule has 1 aromatic carbocycles. The molecule has 1 aromatic heterocycles. The van der Waals surface area contributed by atoms with E-state index in [0.717, 1.165) is 16.9 Å². The van der Waals surface area contributed by atoms with E-state index in [1.54, 1.807) is 48.7 Å². The summed E-state index contributed by atoms with van der Waals surface area (Å²) in [6.45, 7) is 7.50. The molecule has 2 atom stereocenters. The van der Waals surface area contributed by atoms with Crippen molar-refractivity contribution >= 4 is 17.6 Å². The lowest BCUT2D eigenvalue weighted by Crippen LogP contribution is -2.43. The van der Waals surface area contributed by atoms with Gasteiger partial charge in [0, 0.05) is 55.4 Å². The van der Waals surface area contributed by atoms with Gasteiger partial charge in [0.05, 0.1) is 26.2 Å². The number of amides is 3. The maximum Gasteiger partial charge on any atom is 0.323 e. The van der Waals surface area contributed by atoms with Crippen LogP contribution in [0.3, 0.4) is 0 Å². The number of likely N-dealkylation sites (N-methyl/N-ethyl adjacent to an activating group) is 1. The molecule has 4 rings (SSSR count). The Morgan fingerprint density at radius 3 is 2.63 bits per heavy atom. The lowest BCUT2D eigenvalue weighted by molar-refractivity contribution is -0.132. The second kappa shape index (κ2) is 14.0. The molecule has 218 valence electrons. The van der Waals surface area contributed by atoms with Crippen LogP contribution in [0.1, 0.15) is 31.7 Å². The number of allylic oxidation sites excluding steroid dienone is 3. The SMILES string of the molecule is C=C1CN([C@@H](C)CO)C(=O)CC2=C(CCC(NC(=O)Nc3ccc(OC)cc3)=C2)OC1CN(C)Cc1ccncc1. The molecule has 1 unspecified atom stereocenters. The zero-order chi connectivity index (χ0) is 29.4. The lowest BCUT2D eigenvalue weighted by atomic mass is 9.98. The maximum atomic E-state index is 13.4. The summed E-state index contributed by atoms with van der Waals surface area (Å²) in [5.41, 5.74) is 3.93. The Bertz CT molecular complexity index is 1290. The van der Waals surface area contributed by atoms with Crippen LogP contribution in [-0.2, 0) is 16.1 Å². The summed E-state index contributed by atoms with van der Waals surface area (Å²) in [5.74, 6) is 1.29. The predicted octanol–water partition coefficient (Wildman–Crippen LogP) is 3.83. The minimum Gasteiger partial charge on any atom is -0.497 e. The molecule has 2 heterocycles. The number of carbonyl (C=O) groups excluding carboxylic acids is 2. The second-order valence-corrected chi connectivity index (χ2v) is 10.5. The summed E-state index contributed by atoms with van der Waals surface area (Å²) < 4.78 is 11.7. The standard InChI is InChI=1S/C31H39N5O5/c1-21-17-36(22(2)20-37)30(38)16-24-15-26(34-31(39)33-25-5-8-27(40-4)9-6-25)7-10-28(24)41-29(21)19-35(3)18-23-11-13-32-14-12-23/h5-6,8-9,11-15,22,29,37H,1,7,10,16-20H2,2-4H3,(H2,33,34,39)/t22-,29?/m0/s1. The summed E-state index contributed by atoms with van der Waals surface area (Å²) in [6.07, 6.45) is 6.18. The molecule has 10 heteroatoms. The molecule has 0 saturated carbocycles. The molecule has 2 aromatic rings. The van der Waals surface area contributed by atoms with Crippen LogP contribution in [0.25, 0.3) is 0 Å². The molecule has 0 saturated heterocycles. The number of nitrogens with one attached hydrogen (secondary N) is 2. The van der Waals surface area contributed by atoms with Crippen LogP contribution in [-0.4, -0.2) is 77.8 Å². The van der Waals surface area contributed by atoms with E-state index in [0.29, 0.717) is 48.6 Å². The number of carbonyl (C=O) groups is 2. The van der Waals surface area contributed by atoms with Crippen molar-refractivity contribution in [1.82, 2.24) is 20.1 Å². The molecular weight excluding hydrogens is 522 g/mol. The van der Waals surface area contributed by atoms with Gasteiger partial charge in [0.2, 0.25) is 5.91 Å². The van der Waals surface area contributed by atoms with E-state index in [9.17, 15) is 14.7 Å². The lowest BCUT2D eigenvalue weighted by Gasteiger charge is -2.32. The Balaban J connectivity index is 1.53. The van der Waals surface area contributed by atoms with Crippen LogP contribution in [0.5, 0.6) is 5.75 Å². The summed E-state index contributed by atoms with van der Waals surface area (Å²) in [7, 11) is 3.60. The number of methoxy groups -OCH3 is 1. The molecule has 41 heavy (non-hydrogen) atoms. The molecule has 0 bridgehead atoms. The number of aromatic nitrogens is 1. The Kier molecular flexibility index (Phi) is 10.2. The van der Waals surface area contributed by atoms with Crippen LogP contribution >= 0.6 is 0 Å². The van der Waals surface area contributed by atoms with Gasteiger partial charge in [-0.3, -0.25) is 14.7 Å². The summed E-state index contributed by atoms with van der Waals surface area (Å²) >= 11 is 0. The monoisotopic (exact) mass is 561 g/mol. The Hall–Kier alpha value is -4.15. The number of hydrogen-bond donors (Lipinski definition) is 3. The van der Waals surface area contributed by atoms with Gasteiger partial charge in [0.1, 0.15) is 17.6 Å². The number of aliphatic hydroxyl groups excluding tert-OH is 1. The van der Waals surface area contributed by atoms with E-state index >= 15 is 0 Å². The molecule has 2 aliphatic rings. The van der Waals surface area contributed by atoms with Crippen molar-refractivity contribution in [3.05, 3.63) is 89.6 Å². The third-order valence-corrected chi connectivity index (χ3v) is 7.20. The molecule has 3 N–H and O–H groups in total. The number of rotatable bonds is 9. The van der Waals surface area contributed by atoms with Gasteiger partial charge >= 0.3 is 6.03 Å². The van der Waals surface area contributed by atoms with Crippen LogP contribution in [0.2, 0.25) is 0 Å². The van der Waals surface area contributed by atoms with E-state index in [-0.39, 0.29) is 43.7 Å². The first-order valence-electron chi connectivity index (χ1n) is 13.7. The number of anilines is 1. The van der Waals surface area contributed by atoms with Crippen molar-refractivity contribution in [2.75, 3.05) is 39.2 Å². The summed E-state index contributed by atoms with van der Waals surface area (Å²) in [6, 6.07) is 10.3. The van der Waals surface area contributed by atoms with Crippen molar-refractivity contribution in [3.63, 3.8) is 0 Å². The number of ether oxygens (including phenoxy) is 2. The highest BCUT2D eigenvalue weighted by atomic mass is 16.5. The van der Waals surface area contributed by atoms with Crippen molar-refractivity contribution < 1.29 is 24.2 Å². The molecule has 0 spiro atoms. The third-order valence-electron chi connectivity index (χ3n) is 7.20. The molecule has 3 amide bonds. The van der Waals surface area contributed by atoms with Gasteiger partial charge < -0.3 is 30.1 Å². The Morgan fingerprint density at radius 1 is 1.22 bits per heavy atom. The van der Waals surface area contributed by atoms with Crippen molar-refractivity contribution in [2.24, 2.45) is 0 Å². The maximum absolute atomic E-state index is 13.4. The van der Waals surface area contributed by atoms with Gasteiger partial charge in [-0.15, -0.1) is 0 Å². The van der Waals surface area contributed by atoms with E-state index in [1.807, 2.05) is 32.2 Å². The van der Waals surface area contributed by atoms with Crippen molar-refractivity contribution in [2.45, 2.75) is 44.9 Å². The van der Waals surface area contributed by atoms with Crippen molar-refractivity contribution in [1.29, 1.82) is 0 Å². The third kappa shape index (κ3) is 8.18. The number of nitrogens with zero attached hydrogens (tertiary/aromatic N) is 3. The minimum atomic E-state index is -0.378. The quantitative estimate of drug-likeness (QED) is 0.399. The van der Waals surface area contributed by atoms with Gasteiger partial charge in [-0.25, -0.2) is 4.79 Å². The number of pyridine rings is 1. The average molecular weight is 562 g/mol. The van der Waals surface area contributed by atoms with E-state index in [2.05, 4.69) is 27.1 Å². The zero-order valence-corrected chi connectivity index (χ0v) is 23.9. The highest BCUT2D eigenvalue weighted by Gasteiger charge is 2.30. The highest BCUT2D eigenvalue weighted by molar-refractivity contribution is 5.90. The largest absolute Gasteiger partial charge is 0.497 e. The average Bonchev–Trinajstić information content (AvgIpc) is 3.01. The molecule has 10 nitrogen and oxygen atoms in total. The Morgan fingerprint density at radius 2 is 1.95 bits per heavy atom. The molecule has 0 fully saturated rings. The van der Waals surface area contributed by atoms with Crippen LogP contribution in [0.4, 0.5) is 10.5 Å². The fourth-order valence-corrected chi connectivity index (χ4v) is 4.88. The summed E-state index contributed by atoms with van der Waals surface area (Å²) in [5, 5.41) is 15.6. The van der Waals surface area contributed by atoms with Crippen LogP contribution < -0.4 is 15.4 Å². The van der Waals surface area contributed by atoms with Crippen LogP contribution in [0.15, 0.2) is 84.0 Å². The first-order valence-corrected chi connectivity index (χ1v) is 13.7. The first-order chi connectivity index (χ1) is 19.7. The van der Waals surface area contributed by atoms with Gasteiger partial charge in [0.25, 0.3) is 0 Å². The van der Waals surface area contributed by atoms with Gasteiger partial charge in [-0.05, 0) is 74.0 Å².